The van der Waals surface area contributed by atoms with Crippen LogP contribution in [0.4, 0.5) is 0 Å². The average Bonchev–Trinajstić information content (AvgIpc) is 2.85. The van der Waals surface area contributed by atoms with Crippen molar-refractivity contribution in [2.24, 2.45) is 5.92 Å². The second-order valence-electron chi connectivity index (χ2n) is 5.24. The van der Waals surface area contributed by atoms with Crippen molar-refractivity contribution >= 4 is 15.9 Å². The molecule has 0 radical (unpaired) electrons. The third kappa shape index (κ3) is 4.28. The van der Waals surface area contributed by atoms with Crippen LogP contribution in [0.5, 0.6) is 0 Å². The molecule has 1 aromatic carbocycles. The summed E-state index contributed by atoms with van der Waals surface area (Å²) >= 11 is 3.49. The van der Waals surface area contributed by atoms with Gasteiger partial charge in [-0.05, 0) is 36.9 Å². The minimum absolute atomic E-state index is 0.392. The van der Waals surface area contributed by atoms with Crippen LogP contribution in [0.3, 0.4) is 0 Å². The number of aliphatic hydroxyl groups excluding tert-OH is 1. The number of hydrogen-bond acceptors (Lipinski definition) is 3. The van der Waals surface area contributed by atoms with E-state index in [1.165, 1.54) is 6.42 Å². The Bertz CT molecular complexity index is 399. The Balaban J connectivity index is 1.78. The number of halogens is 1. The molecule has 0 aromatic heterocycles. The van der Waals surface area contributed by atoms with Crippen LogP contribution in [0.1, 0.15) is 24.5 Å². The van der Waals surface area contributed by atoms with Gasteiger partial charge in [0.1, 0.15) is 0 Å². The number of methoxy groups -OCH3 is 1. The maximum absolute atomic E-state index is 10.2. The van der Waals surface area contributed by atoms with Crippen LogP contribution in [-0.2, 0) is 4.74 Å². The Kier molecular flexibility index (Phi) is 5.82. The summed E-state index contributed by atoms with van der Waals surface area (Å²) in [5.41, 5.74) is 0.982. The number of hydrogen-bond donors (Lipinski definition) is 1. The monoisotopic (exact) mass is 327 g/mol. The molecule has 0 saturated carbocycles. The fourth-order valence-corrected chi connectivity index (χ4v) is 3.24. The predicted molar refractivity (Wildman–Crippen MR) is 80.1 cm³/mol. The zero-order valence-electron chi connectivity index (χ0n) is 11.4. The molecule has 3 nitrogen and oxygen atoms in total. The van der Waals surface area contributed by atoms with Crippen LogP contribution in [0, 0.1) is 5.92 Å². The van der Waals surface area contributed by atoms with Crippen LogP contribution < -0.4 is 0 Å². The van der Waals surface area contributed by atoms with E-state index < -0.39 is 6.10 Å². The molecule has 4 heteroatoms. The standard InChI is InChI=1S/C15H22BrNO2/c1-19-11-12-6-8-17(10-12)9-7-15(18)13-4-2-3-5-14(13)16/h2-5,12,15,18H,6-11H2,1H3. The number of likely N-dealkylation sites (tertiary alicyclic amines) is 1. The molecule has 1 aliphatic heterocycles. The van der Waals surface area contributed by atoms with Crippen LogP contribution in [0.25, 0.3) is 0 Å². The van der Waals surface area contributed by atoms with E-state index in [0.717, 1.165) is 42.7 Å². The van der Waals surface area contributed by atoms with Crippen molar-refractivity contribution in [1.82, 2.24) is 4.90 Å². The number of nitrogens with zero attached hydrogens (tertiary/aromatic N) is 1. The molecule has 2 unspecified atom stereocenters. The van der Waals surface area contributed by atoms with Crippen LogP contribution in [0.15, 0.2) is 28.7 Å². The molecule has 0 amide bonds. The van der Waals surface area contributed by atoms with Crippen LogP contribution >= 0.6 is 15.9 Å². The van der Waals surface area contributed by atoms with Gasteiger partial charge in [-0.15, -0.1) is 0 Å². The Labute approximate surface area is 123 Å². The van der Waals surface area contributed by atoms with Gasteiger partial charge in [0.05, 0.1) is 12.7 Å². The van der Waals surface area contributed by atoms with E-state index in [2.05, 4.69) is 20.8 Å². The van der Waals surface area contributed by atoms with Crippen molar-refractivity contribution in [2.75, 3.05) is 33.4 Å². The quantitative estimate of drug-likeness (QED) is 0.872. The normalized spacial score (nSPS) is 21.7. The van der Waals surface area contributed by atoms with Gasteiger partial charge in [-0.2, -0.15) is 0 Å². The smallest absolute Gasteiger partial charge is 0.0813 e. The molecule has 19 heavy (non-hydrogen) atoms. The van der Waals surface area contributed by atoms with Gasteiger partial charge in [0.2, 0.25) is 0 Å². The first kappa shape index (κ1) is 15.0. The molecule has 1 aliphatic rings. The predicted octanol–water partition coefficient (Wildman–Crippen LogP) is 2.84. The topological polar surface area (TPSA) is 32.7 Å². The first-order valence-corrected chi connectivity index (χ1v) is 7.63. The lowest BCUT2D eigenvalue weighted by Gasteiger charge is -2.19. The van der Waals surface area contributed by atoms with E-state index in [1.807, 2.05) is 24.3 Å². The van der Waals surface area contributed by atoms with Gasteiger partial charge in [-0.25, -0.2) is 0 Å². The van der Waals surface area contributed by atoms with Crippen molar-refractivity contribution in [3.8, 4) is 0 Å². The zero-order chi connectivity index (χ0) is 13.7. The highest BCUT2D eigenvalue weighted by atomic mass is 79.9. The minimum Gasteiger partial charge on any atom is -0.388 e. The van der Waals surface area contributed by atoms with Gasteiger partial charge in [-0.3, -0.25) is 0 Å². The third-order valence-electron chi connectivity index (χ3n) is 3.76. The van der Waals surface area contributed by atoms with Crippen LogP contribution in [-0.4, -0.2) is 43.4 Å². The lowest BCUT2D eigenvalue weighted by atomic mass is 10.1. The van der Waals surface area contributed by atoms with Crippen molar-refractivity contribution in [3.05, 3.63) is 34.3 Å². The Hall–Kier alpha value is -0.420. The van der Waals surface area contributed by atoms with Gasteiger partial charge < -0.3 is 14.7 Å². The Morgan fingerprint density at radius 1 is 1.47 bits per heavy atom. The van der Waals surface area contributed by atoms with Crippen molar-refractivity contribution in [2.45, 2.75) is 18.9 Å². The summed E-state index contributed by atoms with van der Waals surface area (Å²) in [4.78, 5) is 2.42. The highest BCUT2D eigenvalue weighted by Crippen LogP contribution is 2.26. The molecule has 2 rings (SSSR count). The fraction of sp³-hybridized carbons (Fsp3) is 0.600. The summed E-state index contributed by atoms with van der Waals surface area (Å²) < 4.78 is 6.19. The second-order valence-corrected chi connectivity index (χ2v) is 6.09. The molecular formula is C15H22BrNO2. The van der Waals surface area contributed by atoms with Gasteiger partial charge in [0, 0.05) is 24.7 Å². The number of benzene rings is 1. The van der Waals surface area contributed by atoms with Gasteiger partial charge >= 0.3 is 0 Å². The van der Waals surface area contributed by atoms with Crippen LogP contribution in [0.2, 0.25) is 0 Å². The molecule has 0 bridgehead atoms. The molecule has 0 spiro atoms. The molecule has 1 aromatic rings. The molecule has 2 atom stereocenters. The fourth-order valence-electron chi connectivity index (χ4n) is 2.69. The van der Waals surface area contributed by atoms with E-state index in [4.69, 9.17) is 4.74 Å². The Morgan fingerprint density at radius 3 is 3.00 bits per heavy atom. The van der Waals surface area contributed by atoms with E-state index in [1.54, 1.807) is 7.11 Å². The maximum atomic E-state index is 10.2. The molecule has 1 saturated heterocycles. The average molecular weight is 328 g/mol. The molecule has 1 N–H and O–H groups in total. The highest BCUT2D eigenvalue weighted by Gasteiger charge is 2.22. The van der Waals surface area contributed by atoms with Crippen molar-refractivity contribution < 1.29 is 9.84 Å². The van der Waals surface area contributed by atoms with Gasteiger partial charge in [0.25, 0.3) is 0 Å². The SMILES string of the molecule is COCC1CCN(CCC(O)c2ccccc2Br)C1. The summed E-state index contributed by atoms with van der Waals surface area (Å²) in [5.74, 6) is 0.658. The summed E-state index contributed by atoms with van der Waals surface area (Å²) in [7, 11) is 1.76. The number of aliphatic hydroxyl groups is 1. The summed E-state index contributed by atoms with van der Waals surface area (Å²) in [6, 6.07) is 7.89. The van der Waals surface area contributed by atoms with E-state index in [9.17, 15) is 5.11 Å². The zero-order valence-corrected chi connectivity index (χ0v) is 13.0. The molecule has 1 heterocycles. The summed E-state index contributed by atoms with van der Waals surface area (Å²) in [6.45, 7) is 4.01. The first-order chi connectivity index (χ1) is 9.20. The molecule has 106 valence electrons. The van der Waals surface area contributed by atoms with Crippen molar-refractivity contribution in [1.29, 1.82) is 0 Å². The number of ether oxygens (including phenoxy) is 1. The minimum atomic E-state index is -0.392. The first-order valence-electron chi connectivity index (χ1n) is 6.84. The third-order valence-corrected chi connectivity index (χ3v) is 4.48. The van der Waals surface area contributed by atoms with Crippen molar-refractivity contribution in [3.63, 3.8) is 0 Å². The van der Waals surface area contributed by atoms with Gasteiger partial charge in [0.15, 0.2) is 0 Å². The lowest BCUT2D eigenvalue weighted by molar-refractivity contribution is 0.137. The van der Waals surface area contributed by atoms with E-state index in [0.29, 0.717) is 5.92 Å². The Morgan fingerprint density at radius 2 is 2.26 bits per heavy atom. The van der Waals surface area contributed by atoms with E-state index >= 15 is 0 Å². The largest absolute Gasteiger partial charge is 0.388 e. The molecule has 0 aliphatic carbocycles. The highest BCUT2D eigenvalue weighted by molar-refractivity contribution is 9.10. The summed E-state index contributed by atoms with van der Waals surface area (Å²) in [6.07, 6.45) is 1.60. The molecular weight excluding hydrogens is 306 g/mol. The maximum Gasteiger partial charge on any atom is 0.0813 e. The number of rotatable bonds is 6. The second kappa shape index (κ2) is 7.39. The van der Waals surface area contributed by atoms with Gasteiger partial charge in [-0.1, -0.05) is 34.1 Å². The summed E-state index contributed by atoms with van der Waals surface area (Å²) in [5, 5.41) is 10.2. The molecule has 1 fully saturated rings. The lowest BCUT2D eigenvalue weighted by Crippen LogP contribution is -2.24. The van der Waals surface area contributed by atoms with E-state index in [-0.39, 0.29) is 0 Å².